The van der Waals surface area contributed by atoms with E-state index in [1.807, 2.05) is 20.8 Å². The van der Waals surface area contributed by atoms with Gasteiger partial charge in [0.2, 0.25) is 5.91 Å². The summed E-state index contributed by atoms with van der Waals surface area (Å²) in [7, 11) is 0. The van der Waals surface area contributed by atoms with Crippen molar-refractivity contribution < 1.29 is 9.90 Å². The molecule has 0 saturated carbocycles. The molecule has 0 radical (unpaired) electrons. The lowest BCUT2D eigenvalue weighted by atomic mass is 9.95. The van der Waals surface area contributed by atoms with Gasteiger partial charge in [-0.05, 0) is 46.6 Å². The molecule has 0 aromatic heterocycles. The van der Waals surface area contributed by atoms with Crippen molar-refractivity contribution in [3.05, 3.63) is 0 Å². The lowest BCUT2D eigenvalue weighted by Crippen LogP contribution is -2.57. The highest BCUT2D eigenvalue weighted by Gasteiger charge is 2.37. The monoisotopic (exact) mass is 214 g/mol. The molecule has 0 bridgehead atoms. The maximum atomic E-state index is 12.0. The minimum Gasteiger partial charge on any atom is -0.396 e. The van der Waals surface area contributed by atoms with Crippen LogP contribution in [-0.2, 0) is 4.79 Å². The highest BCUT2D eigenvalue weighted by molar-refractivity contribution is 5.86. The van der Waals surface area contributed by atoms with E-state index in [-0.39, 0.29) is 18.1 Å². The molecular formula is C11H22N2O2. The zero-order valence-corrected chi connectivity index (χ0v) is 9.89. The van der Waals surface area contributed by atoms with E-state index in [1.54, 1.807) is 0 Å². The molecule has 1 heterocycles. The molecule has 4 nitrogen and oxygen atoms in total. The van der Waals surface area contributed by atoms with Crippen LogP contribution in [0.25, 0.3) is 0 Å². The molecule has 1 aliphatic rings. The Labute approximate surface area is 91.4 Å². The Bertz CT molecular complexity index is 233. The van der Waals surface area contributed by atoms with Crippen LogP contribution < -0.4 is 10.6 Å². The lowest BCUT2D eigenvalue weighted by molar-refractivity contribution is -0.128. The van der Waals surface area contributed by atoms with E-state index in [4.69, 9.17) is 5.11 Å². The molecule has 0 aromatic carbocycles. The van der Waals surface area contributed by atoms with Crippen LogP contribution >= 0.6 is 0 Å². The molecule has 4 heteroatoms. The van der Waals surface area contributed by atoms with Crippen LogP contribution in [0.5, 0.6) is 0 Å². The number of hydrogen-bond donors (Lipinski definition) is 3. The third kappa shape index (κ3) is 3.18. The number of aliphatic hydroxyl groups is 1. The van der Waals surface area contributed by atoms with Crippen LogP contribution in [0.15, 0.2) is 0 Å². The van der Waals surface area contributed by atoms with Gasteiger partial charge in [0.1, 0.15) is 0 Å². The van der Waals surface area contributed by atoms with Crippen molar-refractivity contribution >= 4 is 5.91 Å². The van der Waals surface area contributed by atoms with Gasteiger partial charge in [-0.15, -0.1) is 0 Å². The van der Waals surface area contributed by atoms with Gasteiger partial charge in [-0.25, -0.2) is 0 Å². The van der Waals surface area contributed by atoms with E-state index < -0.39 is 5.54 Å². The SMILES string of the molecule is CC(C)(CCO)NC(=O)C1(C)CCCN1. The Morgan fingerprint density at radius 3 is 2.73 bits per heavy atom. The zero-order valence-electron chi connectivity index (χ0n) is 9.89. The Morgan fingerprint density at radius 2 is 2.27 bits per heavy atom. The fourth-order valence-electron chi connectivity index (χ4n) is 1.88. The summed E-state index contributed by atoms with van der Waals surface area (Å²) in [6.45, 7) is 6.80. The van der Waals surface area contributed by atoms with E-state index >= 15 is 0 Å². The first-order chi connectivity index (χ1) is 6.90. The Balaban J connectivity index is 2.54. The molecule has 1 amide bonds. The van der Waals surface area contributed by atoms with Gasteiger partial charge in [-0.1, -0.05) is 0 Å². The Kier molecular flexibility index (Phi) is 3.73. The normalized spacial score (nSPS) is 26.7. The summed E-state index contributed by atoms with van der Waals surface area (Å²) in [6.07, 6.45) is 2.51. The van der Waals surface area contributed by atoms with Gasteiger partial charge in [0, 0.05) is 12.1 Å². The summed E-state index contributed by atoms with van der Waals surface area (Å²) in [5.74, 6) is 0.0402. The summed E-state index contributed by atoms with van der Waals surface area (Å²) < 4.78 is 0. The first-order valence-corrected chi connectivity index (χ1v) is 5.58. The van der Waals surface area contributed by atoms with Crippen LogP contribution in [-0.4, -0.2) is 35.2 Å². The molecule has 0 aliphatic carbocycles. The molecule has 0 aromatic rings. The Morgan fingerprint density at radius 1 is 1.60 bits per heavy atom. The van der Waals surface area contributed by atoms with Gasteiger partial charge in [0.05, 0.1) is 5.54 Å². The molecule has 3 N–H and O–H groups in total. The van der Waals surface area contributed by atoms with Crippen molar-refractivity contribution in [2.24, 2.45) is 0 Å². The standard InChI is InChI=1S/C11H22N2O2/c1-10(2,6-8-14)13-9(15)11(3)5-4-7-12-11/h12,14H,4-8H2,1-3H3,(H,13,15). The molecule has 1 atom stereocenters. The van der Waals surface area contributed by atoms with Gasteiger partial charge in [-0.2, -0.15) is 0 Å². The zero-order chi connectivity index (χ0) is 11.5. The molecule has 1 rings (SSSR count). The van der Waals surface area contributed by atoms with Crippen molar-refractivity contribution in [1.29, 1.82) is 0 Å². The van der Waals surface area contributed by atoms with E-state index in [0.29, 0.717) is 6.42 Å². The number of amides is 1. The molecule has 15 heavy (non-hydrogen) atoms. The van der Waals surface area contributed by atoms with Gasteiger partial charge >= 0.3 is 0 Å². The summed E-state index contributed by atoms with van der Waals surface area (Å²) in [4.78, 5) is 12.0. The van der Waals surface area contributed by atoms with Crippen LogP contribution in [0.4, 0.5) is 0 Å². The van der Waals surface area contributed by atoms with Gasteiger partial charge in [0.15, 0.2) is 0 Å². The number of carbonyl (C=O) groups excluding carboxylic acids is 1. The average Bonchev–Trinajstić information content (AvgIpc) is 2.52. The average molecular weight is 214 g/mol. The number of carbonyl (C=O) groups is 1. The van der Waals surface area contributed by atoms with Crippen molar-refractivity contribution in [2.45, 2.75) is 51.1 Å². The third-order valence-electron chi connectivity index (χ3n) is 3.06. The maximum Gasteiger partial charge on any atom is 0.240 e. The van der Waals surface area contributed by atoms with E-state index in [1.165, 1.54) is 0 Å². The minimum atomic E-state index is -0.424. The second kappa shape index (κ2) is 4.49. The van der Waals surface area contributed by atoms with E-state index in [0.717, 1.165) is 19.4 Å². The molecular weight excluding hydrogens is 192 g/mol. The summed E-state index contributed by atoms with van der Waals surface area (Å²) >= 11 is 0. The fraction of sp³-hybridized carbons (Fsp3) is 0.909. The summed E-state index contributed by atoms with van der Waals surface area (Å²) in [5.41, 5.74) is -0.758. The second-order valence-corrected chi connectivity index (χ2v) is 5.17. The Hall–Kier alpha value is -0.610. The maximum absolute atomic E-state index is 12.0. The summed E-state index contributed by atoms with van der Waals surface area (Å²) in [5, 5.41) is 15.1. The van der Waals surface area contributed by atoms with E-state index in [9.17, 15) is 4.79 Å². The molecule has 1 saturated heterocycles. The van der Waals surface area contributed by atoms with Gasteiger partial charge < -0.3 is 15.7 Å². The van der Waals surface area contributed by atoms with Crippen molar-refractivity contribution in [1.82, 2.24) is 10.6 Å². The van der Waals surface area contributed by atoms with Crippen LogP contribution in [0, 0.1) is 0 Å². The number of rotatable bonds is 4. The van der Waals surface area contributed by atoms with Crippen LogP contribution in [0.3, 0.4) is 0 Å². The second-order valence-electron chi connectivity index (χ2n) is 5.17. The molecule has 1 aliphatic heterocycles. The lowest BCUT2D eigenvalue weighted by Gasteiger charge is -2.31. The van der Waals surface area contributed by atoms with Crippen molar-refractivity contribution in [3.63, 3.8) is 0 Å². The fourth-order valence-corrected chi connectivity index (χ4v) is 1.88. The largest absolute Gasteiger partial charge is 0.396 e. The van der Waals surface area contributed by atoms with Crippen molar-refractivity contribution in [3.8, 4) is 0 Å². The summed E-state index contributed by atoms with van der Waals surface area (Å²) in [6, 6.07) is 0. The van der Waals surface area contributed by atoms with Gasteiger partial charge in [0.25, 0.3) is 0 Å². The highest BCUT2D eigenvalue weighted by Crippen LogP contribution is 2.20. The first-order valence-electron chi connectivity index (χ1n) is 5.58. The minimum absolute atomic E-state index is 0.0402. The van der Waals surface area contributed by atoms with Crippen LogP contribution in [0.2, 0.25) is 0 Å². The molecule has 0 spiro atoms. The molecule has 1 unspecified atom stereocenters. The molecule has 1 fully saturated rings. The number of hydrogen-bond acceptors (Lipinski definition) is 3. The van der Waals surface area contributed by atoms with E-state index in [2.05, 4.69) is 10.6 Å². The number of aliphatic hydroxyl groups excluding tert-OH is 1. The predicted molar refractivity (Wildman–Crippen MR) is 59.6 cm³/mol. The quantitative estimate of drug-likeness (QED) is 0.635. The molecule has 88 valence electrons. The van der Waals surface area contributed by atoms with Gasteiger partial charge in [-0.3, -0.25) is 4.79 Å². The van der Waals surface area contributed by atoms with Crippen molar-refractivity contribution in [2.75, 3.05) is 13.2 Å². The van der Waals surface area contributed by atoms with Crippen LogP contribution in [0.1, 0.15) is 40.0 Å². The number of nitrogens with one attached hydrogen (secondary N) is 2. The highest BCUT2D eigenvalue weighted by atomic mass is 16.3. The first kappa shape index (κ1) is 12.5. The third-order valence-corrected chi connectivity index (χ3v) is 3.06. The predicted octanol–water partition coefficient (Wildman–Crippen LogP) is 0.406. The smallest absolute Gasteiger partial charge is 0.240 e. The topological polar surface area (TPSA) is 61.4 Å².